The van der Waals surface area contributed by atoms with Crippen LogP contribution in [0.1, 0.15) is 40.9 Å². The summed E-state index contributed by atoms with van der Waals surface area (Å²) >= 11 is 0. The maximum Gasteiger partial charge on any atom is 0.416 e. The van der Waals surface area contributed by atoms with Crippen LogP contribution in [0.15, 0.2) is 36.4 Å². The molecule has 1 aliphatic heterocycles. The van der Waals surface area contributed by atoms with Crippen LogP contribution in [0.5, 0.6) is 0 Å². The molecular formula is C22H26F3N5O. The molecule has 0 radical (unpaired) electrons. The number of hydrogen-bond donors (Lipinski definition) is 1. The first-order valence-electron chi connectivity index (χ1n) is 10.6. The molecule has 31 heavy (non-hydrogen) atoms. The highest BCUT2D eigenvalue weighted by atomic mass is 19.4. The number of carbonyl (C=O) groups is 1. The second-order valence-corrected chi connectivity index (χ2v) is 8.18. The maximum absolute atomic E-state index is 13.2. The van der Waals surface area contributed by atoms with E-state index in [1.165, 1.54) is 25.0 Å². The van der Waals surface area contributed by atoms with Crippen LogP contribution in [0.2, 0.25) is 0 Å². The van der Waals surface area contributed by atoms with Crippen LogP contribution < -0.4 is 10.2 Å². The standard InChI is InChI=1S/C22H26F3N5O/c23-22(24,25)18-4-2-1-3-17(18)15-29-11-13-30(14-12-29)20-8-7-19(27-28-20)21(31)26-10-9-16-5-6-16/h1-4,7-8,16H,5-6,9-15H2,(H,26,31). The Balaban J connectivity index is 1.28. The highest BCUT2D eigenvalue weighted by Gasteiger charge is 2.33. The molecule has 0 spiro atoms. The summed E-state index contributed by atoms with van der Waals surface area (Å²) in [7, 11) is 0. The van der Waals surface area contributed by atoms with Crippen LogP contribution in [0, 0.1) is 5.92 Å². The molecule has 0 unspecified atom stereocenters. The molecular weight excluding hydrogens is 407 g/mol. The lowest BCUT2D eigenvalue weighted by atomic mass is 10.1. The van der Waals surface area contributed by atoms with Crippen LogP contribution >= 0.6 is 0 Å². The zero-order chi connectivity index (χ0) is 21.8. The molecule has 6 nitrogen and oxygen atoms in total. The van der Waals surface area contributed by atoms with Crippen molar-refractivity contribution in [1.29, 1.82) is 0 Å². The molecule has 166 valence electrons. The minimum absolute atomic E-state index is 0.215. The first-order chi connectivity index (χ1) is 14.9. The predicted molar refractivity (Wildman–Crippen MR) is 111 cm³/mol. The lowest BCUT2D eigenvalue weighted by Gasteiger charge is -2.35. The van der Waals surface area contributed by atoms with Crippen molar-refractivity contribution < 1.29 is 18.0 Å². The Kier molecular flexibility index (Phi) is 6.41. The van der Waals surface area contributed by atoms with Crippen molar-refractivity contribution in [2.24, 2.45) is 5.92 Å². The van der Waals surface area contributed by atoms with Gasteiger partial charge in [0.05, 0.1) is 5.56 Å². The van der Waals surface area contributed by atoms with Gasteiger partial charge in [-0.25, -0.2) is 0 Å². The van der Waals surface area contributed by atoms with Gasteiger partial charge in [-0.3, -0.25) is 9.69 Å². The Hall–Kier alpha value is -2.68. The van der Waals surface area contributed by atoms with Gasteiger partial charge in [0.25, 0.3) is 5.91 Å². The average molecular weight is 433 g/mol. The summed E-state index contributed by atoms with van der Waals surface area (Å²) in [6.07, 6.45) is -0.826. The van der Waals surface area contributed by atoms with Crippen molar-refractivity contribution in [2.45, 2.75) is 32.0 Å². The lowest BCUT2D eigenvalue weighted by Crippen LogP contribution is -2.46. The van der Waals surface area contributed by atoms with Crippen molar-refractivity contribution in [1.82, 2.24) is 20.4 Å². The fourth-order valence-corrected chi connectivity index (χ4v) is 3.81. The molecule has 9 heteroatoms. The lowest BCUT2D eigenvalue weighted by molar-refractivity contribution is -0.138. The molecule has 1 saturated carbocycles. The largest absolute Gasteiger partial charge is 0.416 e. The molecule has 0 bridgehead atoms. The number of nitrogens with zero attached hydrogens (tertiary/aromatic N) is 4. The summed E-state index contributed by atoms with van der Waals surface area (Å²) in [5.74, 6) is 1.21. The van der Waals surface area contributed by atoms with Gasteiger partial charge in [-0.1, -0.05) is 31.0 Å². The van der Waals surface area contributed by atoms with Crippen LogP contribution in [0.4, 0.5) is 19.0 Å². The summed E-state index contributed by atoms with van der Waals surface area (Å²) in [6.45, 7) is 3.43. The summed E-state index contributed by atoms with van der Waals surface area (Å²) in [5, 5.41) is 11.1. The second kappa shape index (κ2) is 9.21. The van der Waals surface area contributed by atoms with Crippen LogP contribution in [-0.2, 0) is 12.7 Å². The highest BCUT2D eigenvalue weighted by Crippen LogP contribution is 2.33. The molecule has 4 rings (SSSR count). The summed E-state index contributed by atoms with van der Waals surface area (Å²) in [6, 6.07) is 9.16. The maximum atomic E-state index is 13.2. The number of nitrogens with one attached hydrogen (secondary N) is 1. The zero-order valence-electron chi connectivity index (χ0n) is 17.2. The summed E-state index contributed by atoms with van der Waals surface area (Å²) in [5.41, 5.74) is 0.0107. The average Bonchev–Trinajstić information content (AvgIpc) is 3.58. The Morgan fingerprint density at radius 2 is 1.77 bits per heavy atom. The number of alkyl halides is 3. The van der Waals surface area contributed by atoms with Gasteiger partial charge in [0, 0.05) is 39.3 Å². The van der Waals surface area contributed by atoms with E-state index in [4.69, 9.17) is 0 Å². The normalized spacial score (nSPS) is 17.6. The quantitative estimate of drug-likeness (QED) is 0.726. The molecule has 2 aliphatic rings. The minimum atomic E-state index is -4.35. The molecule has 1 aromatic heterocycles. The Bertz CT molecular complexity index is 891. The SMILES string of the molecule is O=C(NCCC1CC1)c1ccc(N2CCN(Cc3ccccc3C(F)(F)F)CC2)nn1. The number of hydrogen-bond acceptors (Lipinski definition) is 5. The minimum Gasteiger partial charge on any atom is -0.353 e. The monoisotopic (exact) mass is 433 g/mol. The number of amides is 1. The van der Waals surface area contributed by atoms with E-state index in [1.54, 1.807) is 18.2 Å². The third kappa shape index (κ3) is 5.72. The number of anilines is 1. The van der Waals surface area contributed by atoms with Gasteiger partial charge in [-0.2, -0.15) is 13.2 Å². The van der Waals surface area contributed by atoms with E-state index in [-0.39, 0.29) is 12.5 Å². The molecule has 2 aromatic rings. The van der Waals surface area contributed by atoms with Crippen LogP contribution in [-0.4, -0.2) is 53.7 Å². The van der Waals surface area contributed by atoms with Gasteiger partial charge in [-0.05, 0) is 36.1 Å². The molecule has 1 aromatic carbocycles. The van der Waals surface area contributed by atoms with Gasteiger partial charge in [0.1, 0.15) is 0 Å². The van der Waals surface area contributed by atoms with E-state index in [0.717, 1.165) is 18.4 Å². The smallest absolute Gasteiger partial charge is 0.353 e. The molecule has 1 amide bonds. The first-order valence-corrected chi connectivity index (χ1v) is 10.6. The molecule has 1 saturated heterocycles. The van der Waals surface area contributed by atoms with Crippen LogP contribution in [0.25, 0.3) is 0 Å². The highest BCUT2D eigenvalue weighted by molar-refractivity contribution is 5.92. The van der Waals surface area contributed by atoms with Crippen molar-refractivity contribution in [3.8, 4) is 0 Å². The van der Waals surface area contributed by atoms with E-state index in [1.807, 2.05) is 9.80 Å². The number of halogens is 3. The second-order valence-electron chi connectivity index (χ2n) is 8.18. The number of carbonyl (C=O) groups excluding carboxylic acids is 1. The van der Waals surface area contributed by atoms with Crippen molar-refractivity contribution in [3.63, 3.8) is 0 Å². The number of aromatic nitrogens is 2. The van der Waals surface area contributed by atoms with Gasteiger partial charge in [-0.15, -0.1) is 10.2 Å². The number of piperazine rings is 1. The molecule has 0 atom stereocenters. The van der Waals surface area contributed by atoms with Gasteiger partial charge in [0.2, 0.25) is 0 Å². The fourth-order valence-electron chi connectivity index (χ4n) is 3.81. The van der Waals surface area contributed by atoms with Crippen LogP contribution in [0.3, 0.4) is 0 Å². The molecule has 2 fully saturated rings. The number of benzene rings is 1. The van der Waals surface area contributed by atoms with Gasteiger partial charge in [0.15, 0.2) is 11.5 Å². The number of rotatable bonds is 7. The van der Waals surface area contributed by atoms with Crippen molar-refractivity contribution in [2.75, 3.05) is 37.6 Å². The Morgan fingerprint density at radius 1 is 1.03 bits per heavy atom. The zero-order valence-corrected chi connectivity index (χ0v) is 17.2. The third-order valence-corrected chi connectivity index (χ3v) is 5.83. The van der Waals surface area contributed by atoms with E-state index in [0.29, 0.717) is 49.8 Å². The van der Waals surface area contributed by atoms with E-state index < -0.39 is 11.7 Å². The summed E-state index contributed by atoms with van der Waals surface area (Å²) in [4.78, 5) is 16.2. The van der Waals surface area contributed by atoms with Crippen molar-refractivity contribution in [3.05, 3.63) is 53.2 Å². The van der Waals surface area contributed by atoms with E-state index in [2.05, 4.69) is 15.5 Å². The molecule has 2 heterocycles. The Morgan fingerprint density at radius 3 is 2.42 bits per heavy atom. The molecule has 1 aliphatic carbocycles. The molecule has 1 N–H and O–H groups in total. The van der Waals surface area contributed by atoms with Gasteiger partial charge >= 0.3 is 6.18 Å². The summed E-state index contributed by atoms with van der Waals surface area (Å²) < 4.78 is 39.6. The Labute approximate surface area is 179 Å². The van der Waals surface area contributed by atoms with E-state index in [9.17, 15) is 18.0 Å². The fraction of sp³-hybridized carbons (Fsp3) is 0.500. The first kappa shape index (κ1) is 21.5. The third-order valence-electron chi connectivity index (χ3n) is 5.83. The van der Waals surface area contributed by atoms with Crippen molar-refractivity contribution >= 4 is 11.7 Å². The van der Waals surface area contributed by atoms with E-state index >= 15 is 0 Å². The topological polar surface area (TPSA) is 61.4 Å². The van der Waals surface area contributed by atoms with Gasteiger partial charge < -0.3 is 10.2 Å². The predicted octanol–water partition coefficient (Wildman–Crippen LogP) is 3.35.